The minimum absolute atomic E-state index is 0.0582. The molecular formula is C16H11NO2S2. The van der Waals surface area contributed by atoms with E-state index in [1.54, 1.807) is 36.0 Å². The van der Waals surface area contributed by atoms with Crippen LogP contribution in [0.4, 0.5) is 0 Å². The number of ketones is 1. The van der Waals surface area contributed by atoms with Gasteiger partial charge in [0, 0.05) is 32.1 Å². The molecule has 1 aromatic carbocycles. The molecule has 3 heterocycles. The fourth-order valence-electron chi connectivity index (χ4n) is 2.42. The number of aromatic amines is 1. The summed E-state index contributed by atoms with van der Waals surface area (Å²) in [6, 6.07) is 9.74. The van der Waals surface area contributed by atoms with Gasteiger partial charge in [-0.05, 0) is 35.7 Å². The summed E-state index contributed by atoms with van der Waals surface area (Å²) in [5, 5.41) is 2.95. The SMILES string of the molecule is COc1ccc2[nH]cc(C(=O)c3cc4sccc4s3)c2c1. The number of hydrogen-bond donors (Lipinski definition) is 1. The van der Waals surface area contributed by atoms with Crippen LogP contribution in [0.15, 0.2) is 41.9 Å². The van der Waals surface area contributed by atoms with E-state index in [0.717, 1.165) is 21.5 Å². The van der Waals surface area contributed by atoms with E-state index in [4.69, 9.17) is 4.74 Å². The molecule has 0 aliphatic heterocycles. The maximum absolute atomic E-state index is 12.7. The Hall–Kier alpha value is -2.11. The van der Waals surface area contributed by atoms with Gasteiger partial charge in [-0.3, -0.25) is 4.79 Å². The average Bonchev–Trinajstić information content (AvgIpc) is 3.19. The number of nitrogens with one attached hydrogen (secondary N) is 1. The quantitative estimate of drug-likeness (QED) is 0.558. The number of methoxy groups -OCH3 is 1. The fraction of sp³-hybridized carbons (Fsp3) is 0.0625. The second-order valence-electron chi connectivity index (χ2n) is 4.70. The second kappa shape index (κ2) is 4.72. The van der Waals surface area contributed by atoms with Gasteiger partial charge in [0.2, 0.25) is 5.78 Å². The molecule has 0 spiro atoms. The molecule has 0 bridgehead atoms. The van der Waals surface area contributed by atoms with Crippen molar-refractivity contribution in [3.63, 3.8) is 0 Å². The van der Waals surface area contributed by atoms with Crippen LogP contribution >= 0.6 is 22.7 Å². The van der Waals surface area contributed by atoms with Crippen molar-refractivity contribution in [1.82, 2.24) is 4.98 Å². The zero-order valence-electron chi connectivity index (χ0n) is 11.2. The van der Waals surface area contributed by atoms with Gasteiger partial charge in [0.1, 0.15) is 5.75 Å². The Bertz CT molecular complexity index is 933. The molecule has 1 N–H and O–H groups in total. The van der Waals surface area contributed by atoms with Crippen LogP contribution in [-0.4, -0.2) is 17.9 Å². The van der Waals surface area contributed by atoms with Gasteiger partial charge in [-0.15, -0.1) is 22.7 Å². The Balaban J connectivity index is 1.85. The van der Waals surface area contributed by atoms with Gasteiger partial charge in [0.05, 0.1) is 12.0 Å². The first kappa shape index (κ1) is 12.6. The van der Waals surface area contributed by atoms with Crippen molar-refractivity contribution in [3.8, 4) is 5.75 Å². The number of aromatic nitrogens is 1. The highest BCUT2D eigenvalue weighted by Crippen LogP contribution is 2.33. The second-order valence-corrected chi connectivity index (χ2v) is 6.73. The molecule has 0 aliphatic rings. The topological polar surface area (TPSA) is 42.1 Å². The number of rotatable bonds is 3. The molecule has 104 valence electrons. The third kappa shape index (κ3) is 1.97. The van der Waals surface area contributed by atoms with Gasteiger partial charge in [0.25, 0.3) is 0 Å². The van der Waals surface area contributed by atoms with Crippen LogP contribution < -0.4 is 4.74 Å². The summed E-state index contributed by atoms with van der Waals surface area (Å²) in [5.41, 5.74) is 1.63. The van der Waals surface area contributed by atoms with E-state index in [1.165, 1.54) is 9.40 Å². The lowest BCUT2D eigenvalue weighted by atomic mass is 10.1. The molecular weight excluding hydrogens is 302 g/mol. The molecule has 3 nitrogen and oxygen atoms in total. The van der Waals surface area contributed by atoms with Crippen molar-refractivity contribution < 1.29 is 9.53 Å². The number of ether oxygens (including phenoxy) is 1. The molecule has 0 fully saturated rings. The molecule has 21 heavy (non-hydrogen) atoms. The third-order valence-electron chi connectivity index (χ3n) is 3.50. The standard InChI is InChI=1S/C16H11NO2S2/c1-19-9-2-3-12-10(6-9)11(8-17-12)16(18)15-7-14-13(21-15)4-5-20-14/h2-8,17H,1H3. The summed E-state index contributed by atoms with van der Waals surface area (Å²) in [6.45, 7) is 0. The van der Waals surface area contributed by atoms with Crippen molar-refractivity contribution >= 4 is 48.8 Å². The highest BCUT2D eigenvalue weighted by molar-refractivity contribution is 7.28. The highest BCUT2D eigenvalue weighted by atomic mass is 32.1. The minimum atomic E-state index is 0.0582. The van der Waals surface area contributed by atoms with Crippen LogP contribution in [0.2, 0.25) is 0 Å². The third-order valence-corrected chi connectivity index (χ3v) is 5.59. The van der Waals surface area contributed by atoms with E-state index in [2.05, 4.69) is 11.1 Å². The van der Waals surface area contributed by atoms with Crippen LogP contribution in [0.1, 0.15) is 15.2 Å². The van der Waals surface area contributed by atoms with Crippen LogP contribution in [-0.2, 0) is 0 Å². The monoisotopic (exact) mass is 313 g/mol. The fourth-order valence-corrected chi connectivity index (χ4v) is 4.49. The maximum atomic E-state index is 12.7. The van der Waals surface area contributed by atoms with Crippen molar-refractivity contribution in [2.75, 3.05) is 7.11 Å². The lowest BCUT2D eigenvalue weighted by molar-refractivity contribution is 0.104. The summed E-state index contributed by atoms with van der Waals surface area (Å²) in [5.74, 6) is 0.811. The smallest absolute Gasteiger partial charge is 0.205 e. The zero-order chi connectivity index (χ0) is 14.4. The molecule has 0 amide bonds. The number of benzene rings is 1. The number of carbonyl (C=O) groups excluding carboxylic acids is 1. The molecule has 0 saturated carbocycles. The normalized spacial score (nSPS) is 11.3. The molecule has 5 heteroatoms. The van der Waals surface area contributed by atoms with Gasteiger partial charge < -0.3 is 9.72 Å². The summed E-state index contributed by atoms with van der Waals surface area (Å²) in [4.78, 5) is 16.7. The Kier molecular flexibility index (Phi) is 2.83. The molecule has 4 aromatic rings. The van der Waals surface area contributed by atoms with Crippen molar-refractivity contribution in [2.45, 2.75) is 0 Å². The molecule has 4 rings (SSSR count). The van der Waals surface area contributed by atoms with Crippen LogP contribution in [0, 0.1) is 0 Å². The lowest BCUT2D eigenvalue weighted by Gasteiger charge is -2.00. The lowest BCUT2D eigenvalue weighted by Crippen LogP contribution is -1.97. The van der Waals surface area contributed by atoms with E-state index in [-0.39, 0.29) is 5.78 Å². The van der Waals surface area contributed by atoms with E-state index < -0.39 is 0 Å². The number of thiophene rings is 2. The molecule has 3 aromatic heterocycles. The summed E-state index contributed by atoms with van der Waals surface area (Å²) >= 11 is 3.21. The van der Waals surface area contributed by atoms with Gasteiger partial charge in [-0.2, -0.15) is 0 Å². The number of H-pyrrole nitrogens is 1. The van der Waals surface area contributed by atoms with Crippen LogP contribution in [0.3, 0.4) is 0 Å². The Morgan fingerprint density at radius 2 is 2.10 bits per heavy atom. The van der Waals surface area contributed by atoms with Crippen molar-refractivity contribution in [1.29, 1.82) is 0 Å². The summed E-state index contributed by atoms with van der Waals surface area (Å²) < 4.78 is 7.58. The van der Waals surface area contributed by atoms with Crippen molar-refractivity contribution in [2.24, 2.45) is 0 Å². The van der Waals surface area contributed by atoms with E-state index >= 15 is 0 Å². The Labute approximate surface area is 128 Å². The van der Waals surface area contributed by atoms with Crippen LogP contribution in [0.5, 0.6) is 5.75 Å². The Morgan fingerprint density at radius 1 is 1.19 bits per heavy atom. The molecule has 0 aliphatic carbocycles. The first-order valence-corrected chi connectivity index (χ1v) is 8.13. The van der Waals surface area contributed by atoms with Crippen molar-refractivity contribution in [3.05, 3.63) is 52.3 Å². The molecule has 0 radical (unpaired) electrons. The van der Waals surface area contributed by atoms with Gasteiger partial charge in [-0.25, -0.2) is 0 Å². The van der Waals surface area contributed by atoms with E-state index in [9.17, 15) is 4.79 Å². The number of fused-ring (bicyclic) bond motifs is 2. The largest absolute Gasteiger partial charge is 0.497 e. The first-order chi connectivity index (χ1) is 10.3. The predicted octanol–water partition coefficient (Wildman–Crippen LogP) is 4.68. The predicted molar refractivity (Wildman–Crippen MR) is 88.0 cm³/mol. The number of carbonyl (C=O) groups is 1. The highest BCUT2D eigenvalue weighted by Gasteiger charge is 2.17. The van der Waals surface area contributed by atoms with E-state index in [0.29, 0.717) is 5.56 Å². The minimum Gasteiger partial charge on any atom is -0.497 e. The van der Waals surface area contributed by atoms with E-state index in [1.807, 2.05) is 29.6 Å². The first-order valence-electron chi connectivity index (χ1n) is 6.43. The molecule has 0 saturated heterocycles. The van der Waals surface area contributed by atoms with Crippen LogP contribution in [0.25, 0.3) is 20.3 Å². The molecule has 0 atom stereocenters. The molecule has 0 unspecified atom stereocenters. The van der Waals surface area contributed by atoms with Gasteiger partial charge >= 0.3 is 0 Å². The summed E-state index contributed by atoms with van der Waals surface area (Å²) in [6.07, 6.45) is 1.78. The zero-order valence-corrected chi connectivity index (χ0v) is 12.8. The number of hydrogen-bond acceptors (Lipinski definition) is 4. The summed E-state index contributed by atoms with van der Waals surface area (Å²) in [7, 11) is 1.63. The van der Waals surface area contributed by atoms with Gasteiger partial charge in [-0.1, -0.05) is 0 Å². The Morgan fingerprint density at radius 3 is 2.90 bits per heavy atom. The average molecular weight is 313 g/mol. The maximum Gasteiger partial charge on any atom is 0.205 e. The van der Waals surface area contributed by atoms with Gasteiger partial charge in [0.15, 0.2) is 0 Å².